The molecule has 434 valence electrons. The molecule has 3 N–H and O–H groups in total. The Balaban J connectivity index is 0.000000224. The molecule has 8 fully saturated rings. The molecule has 8 rings (SSSR count). The molecule has 0 radical (unpaired) electrons. The number of amides is 4. The minimum Gasteiger partial charge on any atom is -0.445 e. The van der Waals surface area contributed by atoms with Crippen LogP contribution in [0.15, 0.2) is 23.2 Å². The van der Waals surface area contributed by atoms with Crippen molar-refractivity contribution in [2.24, 2.45) is 91.7 Å². The molecule has 0 aromatic carbocycles. The molecule has 4 bridgehead atoms. The first-order chi connectivity index (χ1) is 36.1. The normalized spacial score (nSPS) is 45.4. The van der Waals surface area contributed by atoms with Gasteiger partial charge >= 0.3 is 12.2 Å². The van der Waals surface area contributed by atoms with Gasteiger partial charge < -0.3 is 33.9 Å². The third-order valence-electron chi connectivity index (χ3n) is 22.8. The number of piperidine rings is 2. The molecule has 77 heavy (non-hydrogen) atoms. The maximum absolute atomic E-state index is 13.8. The van der Waals surface area contributed by atoms with Crippen LogP contribution in [0.1, 0.15) is 146 Å². The topological polar surface area (TPSA) is 190 Å². The quantitative estimate of drug-likeness (QED) is 0.185. The number of rotatable bonds is 9. The van der Waals surface area contributed by atoms with Gasteiger partial charge in [-0.3, -0.25) is 29.8 Å². The molecule has 0 aromatic heterocycles. The Morgan fingerprint density at radius 3 is 1.49 bits per heavy atom. The van der Waals surface area contributed by atoms with Gasteiger partial charge in [-0.15, -0.1) is 0 Å². The lowest BCUT2D eigenvalue weighted by Gasteiger charge is -2.62. The van der Waals surface area contributed by atoms with E-state index in [-0.39, 0.29) is 106 Å². The monoisotopic (exact) mass is 1120 g/mol. The first kappa shape index (κ1) is 61.7. The molecule has 2 heterocycles. The fourth-order valence-electron chi connectivity index (χ4n) is 17.5. The average Bonchev–Trinajstić information content (AvgIpc) is 4.12. The number of ketones is 2. The lowest BCUT2D eigenvalue weighted by Crippen LogP contribution is -2.63. The maximum Gasteiger partial charge on any atom is 0.414 e. The Labute approximate surface area is 469 Å². The van der Waals surface area contributed by atoms with Crippen molar-refractivity contribution in [1.29, 1.82) is 0 Å². The standard InChI is InChI=1S/C31H49ClN2O6.C29H45ClN2O5/c1-19-10-15-34(6)17-22(19)27(36)33-28(37)40-24-16-29(4,13-14-32)26(39-18-38-7)21(3)31-11-8-20(2)30(24,5)25(31)23(35)9-12-31;1-17-9-14-32(6)16-20(17)25(35)31-26(36)37-22-15-27(4,12-13-30)24(34)19(3)29-10-7-18(2)28(22,5)23(29)21(33)8-11-29/h13-14,19-22,24-26H,8-12,15-18H2,1-7H3,(H,33,36,37);12-13,17-20,22-24,34H,7-11,14-16H2,1-6H3,(H,31,35,36)/t19-,20+,21-,22-,24+,25?,26-,29+,30-,31?;17-,18+,19-,20-,22+,23?,24-,27+,28-,29?/m00/s1. The van der Waals surface area contributed by atoms with E-state index in [2.05, 4.69) is 75.8 Å². The van der Waals surface area contributed by atoms with E-state index in [1.165, 1.54) is 11.1 Å². The van der Waals surface area contributed by atoms with Crippen molar-refractivity contribution in [3.8, 4) is 0 Å². The number of hydrogen-bond donors (Lipinski definition) is 3. The number of halogens is 2. The summed E-state index contributed by atoms with van der Waals surface area (Å²) in [6, 6.07) is 0. The third-order valence-corrected chi connectivity index (χ3v) is 23.1. The van der Waals surface area contributed by atoms with Gasteiger partial charge in [-0.05, 0) is 138 Å². The number of aliphatic hydroxyl groups excluding tert-OH is 1. The van der Waals surface area contributed by atoms with Gasteiger partial charge in [0.15, 0.2) is 0 Å². The molecule has 0 spiro atoms. The summed E-state index contributed by atoms with van der Waals surface area (Å²) in [5.74, 6) is -0.779. The van der Waals surface area contributed by atoms with E-state index < -0.39 is 52.2 Å². The molecule has 17 heteroatoms. The van der Waals surface area contributed by atoms with Gasteiger partial charge in [0.2, 0.25) is 11.8 Å². The lowest BCUT2D eigenvalue weighted by molar-refractivity contribution is -0.214. The Hall–Kier alpha value is -2.92. The number of aliphatic hydroxyl groups is 1. The number of alkyl carbamates (subject to hydrolysis) is 2. The van der Waals surface area contributed by atoms with Crippen LogP contribution < -0.4 is 10.6 Å². The van der Waals surface area contributed by atoms with Gasteiger partial charge in [-0.2, -0.15) is 0 Å². The first-order valence-corrected chi connectivity index (χ1v) is 29.8. The summed E-state index contributed by atoms with van der Waals surface area (Å²) in [5.41, 5.74) is -0.307. The zero-order valence-electron chi connectivity index (χ0n) is 48.6. The number of carbonyl (C=O) groups excluding carboxylic acids is 6. The SMILES string of the molecule is COCO[C@H]1[C@H](C)C23CCC(=O)C2[C@@](C)([C@H](C)CC3)[C@H](OC(=O)NC(=O)[C@H]2CN(C)CC[C@@H]2C)C[C@@]1(C)C=CCl.C[C@@H]1CCC23CCC(=O)C2[C@]1(C)[C@H](OC(=O)NC(=O)[C@H]1CN(C)CC[C@@H]1C)C[C@@](C)(C=CCl)[C@@H](O)[C@@H]3C. The van der Waals surface area contributed by atoms with Crippen LogP contribution in [0, 0.1) is 91.7 Å². The fraction of sp³-hybridized carbons (Fsp3) is 0.833. The summed E-state index contributed by atoms with van der Waals surface area (Å²) >= 11 is 12.3. The summed E-state index contributed by atoms with van der Waals surface area (Å²) in [6.45, 7) is 24.1. The highest BCUT2D eigenvalue weighted by atomic mass is 35.5. The second-order valence-corrected chi connectivity index (χ2v) is 27.4. The van der Waals surface area contributed by atoms with Crippen LogP contribution in [0.25, 0.3) is 0 Å². The van der Waals surface area contributed by atoms with Crippen LogP contribution in [-0.2, 0) is 38.1 Å². The second-order valence-electron chi connectivity index (χ2n) is 26.9. The van der Waals surface area contributed by atoms with E-state index >= 15 is 0 Å². The van der Waals surface area contributed by atoms with Crippen LogP contribution in [0.3, 0.4) is 0 Å². The number of methoxy groups -OCH3 is 1. The molecule has 6 saturated carbocycles. The molecular weight excluding hydrogens is 1020 g/mol. The first-order valence-electron chi connectivity index (χ1n) is 28.9. The van der Waals surface area contributed by atoms with Gasteiger partial charge in [0.1, 0.15) is 30.6 Å². The zero-order valence-corrected chi connectivity index (χ0v) is 50.1. The van der Waals surface area contributed by atoms with E-state index in [1.54, 1.807) is 13.2 Å². The summed E-state index contributed by atoms with van der Waals surface area (Å²) in [7, 11) is 5.57. The van der Waals surface area contributed by atoms with Crippen LogP contribution in [0.2, 0.25) is 0 Å². The Morgan fingerprint density at radius 2 is 1.06 bits per heavy atom. The van der Waals surface area contributed by atoms with Crippen molar-refractivity contribution in [2.75, 3.05) is 54.2 Å². The Bertz CT molecular complexity index is 2270. The van der Waals surface area contributed by atoms with E-state index in [1.807, 2.05) is 34.0 Å². The summed E-state index contributed by atoms with van der Waals surface area (Å²) < 4.78 is 24.2. The molecule has 0 aromatic rings. The summed E-state index contributed by atoms with van der Waals surface area (Å²) in [5, 5.41) is 16.8. The van der Waals surface area contributed by atoms with Gasteiger partial charge in [0, 0.05) is 77.6 Å². The summed E-state index contributed by atoms with van der Waals surface area (Å²) in [4.78, 5) is 84.5. The second kappa shape index (κ2) is 23.9. The number of nitrogens with one attached hydrogen (secondary N) is 2. The molecule has 2 aliphatic heterocycles. The molecule has 2 saturated heterocycles. The smallest absolute Gasteiger partial charge is 0.414 e. The van der Waals surface area contributed by atoms with Gasteiger partial charge in [-0.1, -0.05) is 105 Å². The number of imide groups is 2. The fourth-order valence-corrected chi connectivity index (χ4v) is 18.1. The highest BCUT2D eigenvalue weighted by molar-refractivity contribution is 6.25. The molecule has 15 nitrogen and oxygen atoms in total. The lowest BCUT2D eigenvalue weighted by atomic mass is 9.44. The average molecular weight is 1120 g/mol. The van der Waals surface area contributed by atoms with E-state index in [0.29, 0.717) is 38.8 Å². The molecule has 6 aliphatic carbocycles. The van der Waals surface area contributed by atoms with Crippen LogP contribution in [0.5, 0.6) is 0 Å². The van der Waals surface area contributed by atoms with Crippen LogP contribution in [0.4, 0.5) is 9.59 Å². The van der Waals surface area contributed by atoms with E-state index in [9.17, 15) is 33.9 Å². The van der Waals surface area contributed by atoms with E-state index in [0.717, 1.165) is 64.5 Å². The minimum absolute atomic E-state index is 0.0462. The van der Waals surface area contributed by atoms with Crippen molar-refractivity contribution >= 4 is 58.8 Å². The minimum atomic E-state index is -0.772. The molecule has 20 atom stereocenters. The number of Topliss-reactive ketones (excluding diaryl/α,β-unsaturated/α-hetero) is 2. The van der Waals surface area contributed by atoms with Crippen molar-refractivity contribution in [1.82, 2.24) is 20.4 Å². The van der Waals surface area contributed by atoms with Gasteiger partial charge in [0.25, 0.3) is 0 Å². The highest BCUT2D eigenvalue weighted by Gasteiger charge is 2.70. The summed E-state index contributed by atoms with van der Waals surface area (Å²) in [6.07, 6.45) is 8.47. The molecular formula is C60H94Cl2N4O11. The number of ether oxygens (including phenoxy) is 4. The van der Waals surface area contributed by atoms with Crippen LogP contribution in [-0.4, -0.2) is 129 Å². The van der Waals surface area contributed by atoms with Crippen molar-refractivity contribution in [3.05, 3.63) is 23.2 Å². The predicted molar refractivity (Wildman–Crippen MR) is 296 cm³/mol. The van der Waals surface area contributed by atoms with Crippen molar-refractivity contribution in [2.45, 2.75) is 171 Å². The van der Waals surface area contributed by atoms with Gasteiger partial charge in [-0.25, -0.2) is 9.59 Å². The largest absolute Gasteiger partial charge is 0.445 e. The number of likely N-dealkylation sites (tertiary alicyclic amines) is 2. The van der Waals surface area contributed by atoms with E-state index in [4.69, 9.17) is 42.1 Å². The molecule has 4 amide bonds. The van der Waals surface area contributed by atoms with Gasteiger partial charge in [0.05, 0.1) is 24.0 Å². The third kappa shape index (κ3) is 11.3. The van der Waals surface area contributed by atoms with Crippen molar-refractivity contribution in [3.63, 3.8) is 0 Å². The highest BCUT2D eigenvalue weighted by Crippen LogP contribution is 2.70. The number of hydrogen-bond acceptors (Lipinski definition) is 13. The zero-order chi connectivity index (χ0) is 56.8. The predicted octanol–water partition coefficient (Wildman–Crippen LogP) is 10.1. The van der Waals surface area contributed by atoms with Crippen molar-refractivity contribution < 1.29 is 52.8 Å². The Morgan fingerprint density at radius 1 is 0.649 bits per heavy atom. The molecule has 8 aliphatic rings. The molecule has 4 unspecified atom stereocenters. The number of nitrogens with zero attached hydrogens (tertiary/aromatic N) is 2. The maximum atomic E-state index is 13.8. The Kier molecular flexibility index (Phi) is 19.1. The van der Waals surface area contributed by atoms with Crippen LogP contribution >= 0.6 is 23.2 Å². The number of carbonyl (C=O) groups is 6.